The normalized spacial score (nSPS) is 11.3. The maximum atomic E-state index is 11.1. The van der Waals surface area contributed by atoms with Crippen LogP contribution in [0.4, 0.5) is 11.6 Å². The van der Waals surface area contributed by atoms with Crippen molar-refractivity contribution in [3.05, 3.63) is 58.1 Å². The predicted molar refractivity (Wildman–Crippen MR) is 100 cm³/mol. The van der Waals surface area contributed by atoms with Crippen LogP contribution in [0.2, 0.25) is 0 Å². The van der Waals surface area contributed by atoms with E-state index in [1.807, 2.05) is 24.3 Å². The van der Waals surface area contributed by atoms with Gasteiger partial charge in [-0.05, 0) is 18.2 Å². The van der Waals surface area contributed by atoms with Crippen LogP contribution in [-0.2, 0) is 0 Å². The van der Waals surface area contributed by atoms with E-state index in [2.05, 4.69) is 30.7 Å². The number of aromatic amines is 1. The van der Waals surface area contributed by atoms with Gasteiger partial charge in [0.2, 0.25) is 0 Å². The molecule has 0 spiro atoms. The van der Waals surface area contributed by atoms with Crippen molar-refractivity contribution in [1.82, 2.24) is 20.2 Å². The molecule has 2 aromatic heterocycles. The molecule has 2 heterocycles. The van der Waals surface area contributed by atoms with Gasteiger partial charge in [0.05, 0.1) is 18.2 Å². The second kappa shape index (κ2) is 6.67. The molecule has 27 heavy (non-hydrogen) atoms. The third kappa shape index (κ3) is 3.11. The monoisotopic (exact) mass is 363 g/mol. The van der Waals surface area contributed by atoms with Crippen molar-refractivity contribution < 1.29 is 9.66 Å². The summed E-state index contributed by atoms with van der Waals surface area (Å²) in [5.74, 6) is 0.384. The van der Waals surface area contributed by atoms with Crippen LogP contribution in [0.3, 0.4) is 0 Å². The lowest BCUT2D eigenvalue weighted by molar-refractivity contribution is -0.385. The Balaban J connectivity index is 1.57. The molecule has 0 atom stereocenters. The largest absolute Gasteiger partial charge is 0.490 e. The number of nitrogens with one attached hydrogen (secondary N) is 2. The van der Waals surface area contributed by atoms with Gasteiger partial charge >= 0.3 is 5.69 Å². The zero-order chi connectivity index (χ0) is 18.8. The minimum Gasteiger partial charge on any atom is -0.490 e. The Morgan fingerprint density at radius 3 is 2.93 bits per heavy atom. The Hall–Kier alpha value is -4.08. The molecule has 10 heteroatoms. The van der Waals surface area contributed by atoms with E-state index in [0.717, 1.165) is 10.9 Å². The summed E-state index contributed by atoms with van der Waals surface area (Å²) in [6.07, 6.45) is 1.42. The van der Waals surface area contributed by atoms with Gasteiger partial charge in [0.15, 0.2) is 11.4 Å². The number of ether oxygens (including phenoxy) is 1. The number of para-hydroxylation sites is 1. The molecule has 2 aromatic carbocycles. The highest BCUT2D eigenvalue weighted by Gasteiger charge is 2.14. The van der Waals surface area contributed by atoms with E-state index in [9.17, 15) is 10.1 Å². The first kappa shape index (κ1) is 16.4. The average molecular weight is 363 g/mol. The summed E-state index contributed by atoms with van der Waals surface area (Å²) in [5.41, 5.74) is 5.23. The lowest BCUT2D eigenvalue weighted by Crippen LogP contribution is -1.99. The standard InChI is InChI=1S/C17H13N7O3/c1-27-14-7-6-10(8-13(14)24(25)26)9-18-22-17-20-16-15(21-23-17)11-4-2-3-5-12(11)19-16/h2-9H,1H3,(H2,19,20,22,23)/b18-9+. The molecule has 0 aliphatic carbocycles. The summed E-state index contributed by atoms with van der Waals surface area (Å²) < 4.78 is 4.97. The van der Waals surface area contributed by atoms with E-state index in [4.69, 9.17) is 4.74 Å². The van der Waals surface area contributed by atoms with E-state index in [-0.39, 0.29) is 17.4 Å². The summed E-state index contributed by atoms with van der Waals surface area (Å²) in [6.45, 7) is 0. The van der Waals surface area contributed by atoms with Crippen LogP contribution in [0.5, 0.6) is 5.75 Å². The van der Waals surface area contributed by atoms with Gasteiger partial charge in [0, 0.05) is 22.5 Å². The third-order valence-electron chi connectivity index (χ3n) is 3.90. The SMILES string of the molecule is COc1ccc(/C=N/Nc2nnc3c(n2)[nH]c2ccccc23)cc1[N+](=O)[O-]. The van der Waals surface area contributed by atoms with Crippen molar-refractivity contribution in [3.63, 3.8) is 0 Å². The van der Waals surface area contributed by atoms with Crippen LogP contribution >= 0.6 is 0 Å². The van der Waals surface area contributed by atoms with Crippen LogP contribution in [0.15, 0.2) is 47.6 Å². The summed E-state index contributed by atoms with van der Waals surface area (Å²) in [7, 11) is 1.38. The molecule has 10 nitrogen and oxygen atoms in total. The Kier molecular flexibility index (Phi) is 4.05. The number of nitro benzene ring substituents is 1. The molecule has 0 amide bonds. The highest BCUT2D eigenvalue weighted by atomic mass is 16.6. The molecular formula is C17H13N7O3. The zero-order valence-corrected chi connectivity index (χ0v) is 14.1. The number of aromatic nitrogens is 4. The fourth-order valence-corrected chi connectivity index (χ4v) is 2.66. The van der Waals surface area contributed by atoms with Crippen LogP contribution in [-0.4, -0.2) is 38.4 Å². The summed E-state index contributed by atoms with van der Waals surface area (Å²) in [4.78, 5) is 18.0. The fourth-order valence-electron chi connectivity index (χ4n) is 2.66. The van der Waals surface area contributed by atoms with Gasteiger partial charge in [0.25, 0.3) is 5.95 Å². The highest BCUT2D eigenvalue weighted by Crippen LogP contribution is 2.27. The van der Waals surface area contributed by atoms with E-state index in [1.54, 1.807) is 6.07 Å². The van der Waals surface area contributed by atoms with E-state index in [0.29, 0.717) is 16.7 Å². The second-order valence-electron chi connectivity index (χ2n) is 5.56. The minimum atomic E-state index is -0.513. The number of hydrogen-bond donors (Lipinski definition) is 2. The second-order valence-corrected chi connectivity index (χ2v) is 5.56. The molecular weight excluding hydrogens is 350 g/mol. The number of hydrogen-bond acceptors (Lipinski definition) is 8. The Bertz CT molecular complexity index is 1190. The number of anilines is 1. The maximum Gasteiger partial charge on any atom is 0.311 e. The zero-order valence-electron chi connectivity index (χ0n) is 14.1. The van der Waals surface area contributed by atoms with Gasteiger partial charge in [-0.25, -0.2) is 5.43 Å². The first-order valence-corrected chi connectivity index (χ1v) is 7.88. The quantitative estimate of drug-likeness (QED) is 0.316. The van der Waals surface area contributed by atoms with Crippen molar-refractivity contribution >= 4 is 39.9 Å². The molecule has 4 rings (SSSR count). The van der Waals surface area contributed by atoms with Crippen molar-refractivity contribution in [1.29, 1.82) is 0 Å². The van der Waals surface area contributed by atoms with E-state index in [1.165, 1.54) is 25.5 Å². The number of benzene rings is 2. The molecule has 0 unspecified atom stereocenters. The Morgan fingerprint density at radius 2 is 2.11 bits per heavy atom. The lowest BCUT2D eigenvalue weighted by atomic mass is 10.2. The Morgan fingerprint density at radius 1 is 1.26 bits per heavy atom. The van der Waals surface area contributed by atoms with Crippen molar-refractivity contribution in [2.24, 2.45) is 5.10 Å². The summed E-state index contributed by atoms with van der Waals surface area (Å²) in [5, 5.41) is 24.2. The molecule has 0 bridgehead atoms. The van der Waals surface area contributed by atoms with Crippen molar-refractivity contribution in [2.45, 2.75) is 0 Å². The topological polar surface area (TPSA) is 131 Å². The molecule has 0 saturated heterocycles. The van der Waals surface area contributed by atoms with E-state index >= 15 is 0 Å². The first-order chi connectivity index (χ1) is 13.2. The molecule has 0 aliphatic rings. The van der Waals surface area contributed by atoms with Crippen LogP contribution in [0.25, 0.3) is 22.1 Å². The van der Waals surface area contributed by atoms with Gasteiger partial charge in [-0.15, -0.1) is 10.2 Å². The predicted octanol–water partition coefficient (Wildman–Crippen LogP) is 2.87. The number of fused-ring (bicyclic) bond motifs is 3. The summed E-state index contributed by atoms with van der Waals surface area (Å²) >= 11 is 0. The maximum absolute atomic E-state index is 11.1. The molecule has 0 aliphatic heterocycles. The number of methoxy groups -OCH3 is 1. The highest BCUT2D eigenvalue weighted by molar-refractivity contribution is 6.03. The summed E-state index contributed by atoms with van der Waals surface area (Å²) in [6, 6.07) is 12.2. The number of nitrogens with zero attached hydrogens (tertiary/aromatic N) is 5. The molecule has 134 valence electrons. The minimum absolute atomic E-state index is 0.140. The van der Waals surface area contributed by atoms with Crippen LogP contribution in [0.1, 0.15) is 5.56 Å². The molecule has 0 saturated carbocycles. The van der Waals surface area contributed by atoms with Gasteiger partial charge in [-0.3, -0.25) is 10.1 Å². The lowest BCUT2D eigenvalue weighted by Gasteiger charge is -2.02. The number of hydrazone groups is 1. The molecule has 0 fully saturated rings. The average Bonchev–Trinajstić information content (AvgIpc) is 3.05. The van der Waals surface area contributed by atoms with Gasteiger partial charge in [0.1, 0.15) is 5.52 Å². The number of H-pyrrole nitrogens is 1. The van der Waals surface area contributed by atoms with Crippen LogP contribution < -0.4 is 10.2 Å². The van der Waals surface area contributed by atoms with Crippen LogP contribution in [0, 0.1) is 10.1 Å². The first-order valence-electron chi connectivity index (χ1n) is 7.88. The molecule has 2 N–H and O–H groups in total. The van der Waals surface area contributed by atoms with Gasteiger partial charge in [-0.1, -0.05) is 18.2 Å². The number of nitro groups is 1. The van der Waals surface area contributed by atoms with Gasteiger partial charge in [-0.2, -0.15) is 10.1 Å². The van der Waals surface area contributed by atoms with Crippen molar-refractivity contribution in [2.75, 3.05) is 12.5 Å². The van der Waals surface area contributed by atoms with Crippen molar-refractivity contribution in [3.8, 4) is 5.75 Å². The number of rotatable bonds is 5. The fraction of sp³-hybridized carbons (Fsp3) is 0.0588. The molecule has 0 radical (unpaired) electrons. The van der Waals surface area contributed by atoms with E-state index < -0.39 is 4.92 Å². The van der Waals surface area contributed by atoms with Gasteiger partial charge < -0.3 is 9.72 Å². The third-order valence-corrected chi connectivity index (χ3v) is 3.90. The Labute approximate surface area is 152 Å². The smallest absolute Gasteiger partial charge is 0.311 e. The molecule has 4 aromatic rings.